The minimum Gasteiger partial charge on any atom is -1.00 e. The van der Waals surface area contributed by atoms with Crippen molar-refractivity contribution in [2.24, 2.45) is 0 Å². The first-order valence-electron chi connectivity index (χ1n) is 3.92. The molecule has 0 aliphatic carbocycles. The molecular formula is C6H31Na4O19P. The Morgan fingerprint density at radius 3 is 0.967 bits per heavy atom. The van der Waals surface area contributed by atoms with Gasteiger partial charge in [-0.1, -0.05) is 0 Å². The van der Waals surface area contributed by atoms with Gasteiger partial charge in [0.05, 0.1) is 12.8 Å². The maximum atomic E-state index is 10.8. The van der Waals surface area contributed by atoms with Gasteiger partial charge in [-0.15, -0.1) is 0 Å². The zero-order valence-corrected chi connectivity index (χ0v) is 25.5. The third-order valence-electron chi connectivity index (χ3n) is 1.56. The fourth-order valence-electron chi connectivity index (χ4n) is 1.03. The molecule has 178 valence electrons. The van der Waals surface area contributed by atoms with Crippen molar-refractivity contribution < 1.29 is 222 Å². The van der Waals surface area contributed by atoms with E-state index >= 15 is 0 Å². The van der Waals surface area contributed by atoms with Gasteiger partial charge in [-0.3, -0.25) is 14.1 Å². The van der Waals surface area contributed by atoms with E-state index in [1.165, 1.54) is 0 Å². The zero-order chi connectivity index (χ0) is 13.9. The molecule has 0 spiro atoms. The van der Waals surface area contributed by atoms with Crippen molar-refractivity contribution in [2.75, 3.05) is 0 Å². The Balaban J connectivity index is -0.00000000941. The Hall–Kier alpha value is 2.16. The van der Waals surface area contributed by atoms with E-state index in [-0.39, 0.29) is 173 Å². The van der Waals surface area contributed by atoms with Gasteiger partial charge < -0.3 is 80.1 Å². The molecule has 24 heteroatoms. The van der Waals surface area contributed by atoms with Crippen molar-refractivity contribution in [1.82, 2.24) is 0 Å². The van der Waals surface area contributed by atoms with Crippen molar-refractivity contribution in [3.8, 4) is 0 Å². The van der Waals surface area contributed by atoms with E-state index in [1.54, 1.807) is 0 Å². The smallest absolute Gasteiger partial charge is 1.00 e. The molecule has 0 fully saturated rings. The topological polar surface area (TPSA) is 462 Å². The summed E-state index contributed by atoms with van der Waals surface area (Å²) in [5.41, 5.74) is -3.02. The maximum Gasteiger partial charge on any atom is 1.00 e. The quantitative estimate of drug-likeness (QED) is 0.153. The van der Waals surface area contributed by atoms with E-state index in [1.807, 2.05) is 0 Å². The number of hydrogen-bond acceptors (Lipinski definition) is 5. The van der Waals surface area contributed by atoms with Crippen molar-refractivity contribution in [2.45, 2.75) is 18.4 Å². The molecule has 0 amide bonds. The van der Waals surface area contributed by atoms with Crippen molar-refractivity contribution in [3.05, 3.63) is 0 Å². The minimum absolute atomic E-state index is 0. The summed E-state index contributed by atoms with van der Waals surface area (Å²) in [6, 6.07) is 0. The van der Waals surface area contributed by atoms with Gasteiger partial charge in [-0.2, -0.15) is 0 Å². The summed E-state index contributed by atoms with van der Waals surface area (Å²) in [6.07, 6.45) is -2.81. The van der Waals surface area contributed by atoms with Crippen LogP contribution in [-0.4, -0.2) is 97.9 Å². The van der Waals surface area contributed by atoms with Gasteiger partial charge in [0.1, 0.15) is 0 Å². The molecule has 19 nitrogen and oxygen atoms in total. The zero-order valence-electron chi connectivity index (χ0n) is 20.6. The van der Waals surface area contributed by atoms with Crippen LogP contribution in [0.15, 0.2) is 0 Å². The molecule has 0 saturated heterocycles. The van der Waals surface area contributed by atoms with Crippen LogP contribution in [-0.2, 0) is 23.5 Å². The monoisotopic (exact) mass is 530 g/mol. The normalized spacial score (nSPS) is 6.87. The molecule has 0 heterocycles. The minimum atomic E-state index is -5.36. The molecule has 0 aromatic rings. The second-order valence-corrected chi connectivity index (χ2v) is 4.19. The van der Waals surface area contributed by atoms with Crippen LogP contribution < -0.4 is 118 Å². The Labute approximate surface area is 263 Å². The fourth-order valence-corrected chi connectivity index (χ4v) is 1.70. The molecule has 0 aromatic carbocycles. The number of rotatable bonds is 7. The molecule has 23 N–H and O–H groups in total. The number of phosphoric ester groups is 1. The van der Waals surface area contributed by atoms with Gasteiger partial charge in [0.2, 0.25) is 0 Å². The molecular weight excluding hydrogens is 499 g/mol. The summed E-state index contributed by atoms with van der Waals surface area (Å²) < 4.78 is 14.4. The summed E-state index contributed by atoms with van der Waals surface area (Å²) in [5.74, 6) is -5.64. The first-order chi connectivity index (χ1) is 7.48. The standard InChI is InChI=1S/C6H9O10P.4Na.9H2O.4H/c7-3(8)1-6(5(11)12,2-4(9)10)16-17(13,14)15;;;;;;;;;;;;;;;;;/h1-2H2,(H,7,8)(H,9,10)(H,11,12)(H2,13,14,15);;;;;9*1H2;;;;/q;4*+1;;;;;;;;;;4*-1. The number of phosphoric acid groups is 1. The number of carbonyl (C=O) groups is 3. The predicted octanol–water partition coefficient (Wildman–Crippen LogP) is -20.1. The van der Waals surface area contributed by atoms with E-state index in [0.29, 0.717) is 0 Å². The van der Waals surface area contributed by atoms with Crippen LogP contribution in [0, 0.1) is 0 Å². The Kier molecular flexibility index (Phi) is 131. The van der Waals surface area contributed by atoms with E-state index in [2.05, 4.69) is 4.52 Å². The molecule has 0 aliphatic heterocycles. The van der Waals surface area contributed by atoms with Gasteiger partial charge >= 0.3 is 144 Å². The molecule has 0 saturated carbocycles. The predicted molar refractivity (Wildman–Crippen MR) is 85.0 cm³/mol. The van der Waals surface area contributed by atoms with Crippen molar-refractivity contribution >= 4 is 25.7 Å². The van der Waals surface area contributed by atoms with E-state index in [9.17, 15) is 18.9 Å². The molecule has 0 aromatic heterocycles. The van der Waals surface area contributed by atoms with E-state index in [0.717, 1.165) is 0 Å². The maximum absolute atomic E-state index is 10.8. The van der Waals surface area contributed by atoms with Gasteiger partial charge in [-0.05, 0) is 0 Å². The molecule has 0 atom stereocenters. The molecule has 0 unspecified atom stereocenters. The number of aliphatic carboxylic acids is 3. The molecule has 30 heavy (non-hydrogen) atoms. The molecule has 0 bridgehead atoms. The first kappa shape index (κ1) is 94.7. The third kappa shape index (κ3) is 43.9. The van der Waals surface area contributed by atoms with Gasteiger partial charge in [0, 0.05) is 0 Å². The number of carboxylic acids is 3. The van der Waals surface area contributed by atoms with Crippen LogP contribution in [0.3, 0.4) is 0 Å². The largest absolute Gasteiger partial charge is 1.00 e. The molecule has 0 radical (unpaired) electrons. The summed E-state index contributed by atoms with van der Waals surface area (Å²) in [7, 11) is -5.36. The van der Waals surface area contributed by atoms with Gasteiger partial charge in [-0.25, -0.2) is 9.36 Å². The summed E-state index contributed by atoms with van der Waals surface area (Å²) in [5, 5.41) is 25.5. The average Bonchev–Trinajstić information content (AvgIpc) is 1.96. The van der Waals surface area contributed by atoms with Crippen LogP contribution in [0.4, 0.5) is 0 Å². The van der Waals surface area contributed by atoms with E-state index in [4.69, 9.17) is 25.1 Å². The Morgan fingerprint density at radius 1 is 0.667 bits per heavy atom. The van der Waals surface area contributed by atoms with Crippen LogP contribution in [0.2, 0.25) is 0 Å². The van der Waals surface area contributed by atoms with Crippen LogP contribution >= 0.6 is 7.82 Å². The third-order valence-corrected chi connectivity index (χ3v) is 2.14. The fraction of sp³-hybridized carbons (Fsp3) is 0.500. The number of carboxylic acid groups (broad SMARTS) is 3. The van der Waals surface area contributed by atoms with Crippen molar-refractivity contribution in [1.29, 1.82) is 0 Å². The van der Waals surface area contributed by atoms with Gasteiger partial charge in [0.15, 0.2) is 5.60 Å². The molecule has 0 rings (SSSR count). The Morgan fingerprint density at radius 2 is 0.867 bits per heavy atom. The summed E-state index contributed by atoms with van der Waals surface area (Å²) >= 11 is 0. The van der Waals surface area contributed by atoms with Gasteiger partial charge in [0.25, 0.3) is 0 Å². The SMILES string of the molecule is O.O.O.O.O.O.O.O.O.O=C(O)CC(CC(=O)O)(OP(=O)(O)O)C(=O)O.[H-].[H-].[H-].[H-].[Na+].[Na+].[Na+].[Na+]. The van der Waals surface area contributed by atoms with Crippen LogP contribution in [0.5, 0.6) is 0 Å². The van der Waals surface area contributed by atoms with E-state index < -0.39 is 44.2 Å². The second kappa shape index (κ2) is 41.4. The number of hydrogen-bond donors (Lipinski definition) is 5. The average molecular weight is 530 g/mol. The second-order valence-electron chi connectivity index (χ2n) is 3.02. The van der Waals surface area contributed by atoms with Crippen LogP contribution in [0.25, 0.3) is 0 Å². The van der Waals surface area contributed by atoms with Crippen LogP contribution in [0.1, 0.15) is 18.5 Å². The van der Waals surface area contributed by atoms with Crippen molar-refractivity contribution in [3.63, 3.8) is 0 Å². The Bertz CT molecular complexity index is 404. The summed E-state index contributed by atoms with van der Waals surface area (Å²) in [6.45, 7) is 0. The molecule has 0 aliphatic rings. The summed E-state index contributed by atoms with van der Waals surface area (Å²) in [4.78, 5) is 48.5. The first-order valence-corrected chi connectivity index (χ1v) is 5.45.